The van der Waals surface area contributed by atoms with E-state index in [1.165, 1.54) is 0 Å². The molecule has 2 aliphatic rings. The average Bonchev–Trinajstić information content (AvgIpc) is 3.06. The molecule has 0 saturated heterocycles. The molecule has 0 saturated carbocycles. The Morgan fingerprint density at radius 3 is 2.04 bits per heavy atom. The minimum atomic E-state index is 0.0757. The monoisotopic (exact) mass is 382 g/mol. The summed E-state index contributed by atoms with van der Waals surface area (Å²) in [6.07, 6.45) is 0. The molecular formula is C20H18N2O6. The van der Waals surface area contributed by atoms with Crippen LogP contribution >= 0.6 is 0 Å². The second-order valence-corrected chi connectivity index (χ2v) is 6.44. The second kappa shape index (κ2) is 7.59. The maximum Gasteiger partial charge on any atom is 0.293 e. The summed E-state index contributed by atoms with van der Waals surface area (Å²) in [6.45, 7) is 2.08. The van der Waals surface area contributed by atoms with Gasteiger partial charge in [-0.1, -0.05) is 0 Å². The van der Waals surface area contributed by atoms with Gasteiger partial charge in [0.1, 0.15) is 32.3 Å². The van der Waals surface area contributed by atoms with Crippen LogP contribution in [0.1, 0.15) is 33.4 Å². The molecule has 0 amide bonds. The van der Waals surface area contributed by atoms with Crippen molar-refractivity contribution < 1.29 is 28.5 Å². The molecule has 0 aliphatic carbocycles. The molecule has 0 unspecified atom stereocenters. The van der Waals surface area contributed by atoms with Gasteiger partial charge in [-0.05, 0) is 52.1 Å². The number of hydrogen-bond acceptors (Lipinski definition) is 8. The van der Waals surface area contributed by atoms with Crippen LogP contribution in [0.5, 0.6) is 11.5 Å². The fourth-order valence-corrected chi connectivity index (χ4v) is 3.34. The number of carbonyl (C=O) groups excluding carboxylic acids is 2. The van der Waals surface area contributed by atoms with Crippen LogP contribution in [0.2, 0.25) is 0 Å². The second-order valence-electron chi connectivity index (χ2n) is 6.44. The maximum absolute atomic E-state index is 10.6. The van der Waals surface area contributed by atoms with E-state index in [1.54, 1.807) is 0 Å². The Labute approximate surface area is 160 Å². The van der Waals surface area contributed by atoms with Gasteiger partial charge in [-0.15, -0.1) is 0 Å². The van der Waals surface area contributed by atoms with Crippen LogP contribution in [-0.2, 0) is 52.0 Å². The van der Waals surface area contributed by atoms with Gasteiger partial charge in [0, 0.05) is 5.56 Å². The fraction of sp³-hybridized carbons (Fsp3) is 0.250. The van der Waals surface area contributed by atoms with E-state index in [1.807, 2.05) is 24.3 Å². The largest absolute Gasteiger partial charge is 0.485 e. The zero-order valence-electron chi connectivity index (χ0n) is 15.0. The summed E-state index contributed by atoms with van der Waals surface area (Å²) in [5.74, 6) is 1.73. The van der Waals surface area contributed by atoms with Gasteiger partial charge in [-0.25, -0.2) is 0 Å². The number of carbonyl (C=O) groups is 2. The zero-order valence-corrected chi connectivity index (χ0v) is 15.0. The Morgan fingerprint density at radius 1 is 0.893 bits per heavy atom. The Hall–Kier alpha value is -3.55. The van der Waals surface area contributed by atoms with E-state index < -0.39 is 0 Å². The Kier molecular flexibility index (Phi) is 4.84. The summed E-state index contributed by atoms with van der Waals surface area (Å²) in [5, 5.41) is 0. The molecule has 0 spiro atoms. The average molecular weight is 382 g/mol. The highest BCUT2D eigenvalue weighted by molar-refractivity contribution is 6.01. The highest BCUT2D eigenvalue weighted by Crippen LogP contribution is 2.36. The molecule has 144 valence electrons. The van der Waals surface area contributed by atoms with Crippen molar-refractivity contribution in [1.82, 2.24) is 0 Å². The third-order valence-electron chi connectivity index (χ3n) is 4.77. The van der Waals surface area contributed by atoms with Gasteiger partial charge in [0.15, 0.2) is 11.5 Å². The van der Waals surface area contributed by atoms with Gasteiger partial charge in [-0.3, -0.25) is 14.6 Å². The Balaban J connectivity index is 1.65. The minimum Gasteiger partial charge on any atom is -0.485 e. The summed E-state index contributed by atoms with van der Waals surface area (Å²) in [7, 11) is 0. The number of nitrogens with two attached hydrogens (primary N) is 1. The van der Waals surface area contributed by atoms with E-state index in [0.717, 1.165) is 33.4 Å². The summed E-state index contributed by atoms with van der Waals surface area (Å²) in [5.41, 5.74) is 11.1. The molecule has 8 nitrogen and oxygen atoms in total. The molecule has 2 N–H and O–H groups in total. The van der Waals surface area contributed by atoms with Gasteiger partial charge < -0.3 is 24.7 Å². The van der Waals surface area contributed by atoms with E-state index >= 15 is 0 Å². The summed E-state index contributed by atoms with van der Waals surface area (Å²) in [6, 6.07) is 7.51. The number of ether oxygens (including phenoxy) is 4. The van der Waals surface area contributed by atoms with Gasteiger partial charge >= 0.3 is 0 Å². The number of amidine groups is 1. The lowest BCUT2D eigenvalue weighted by molar-refractivity contribution is -0.131. The highest BCUT2D eigenvalue weighted by Gasteiger charge is 2.21. The molecule has 4 rings (SSSR count). The Bertz CT molecular complexity index is 970. The number of fused-ring (bicyclic) bond motifs is 3. The molecule has 2 aromatic rings. The van der Waals surface area contributed by atoms with Crippen LogP contribution in [0.3, 0.4) is 0 Å². The van der Waals surface area contributed by atoms with Gasteiger partial charge in [-0.2, -0.15) is 0 Å². The first kappa shape index (κ1) is 17.8. The maximum atomic E-state index is 10.6. The predicted octanol–water partition coefficient (Wildman–Crippen LogP) is 1.72. The molecule has 2 heterocycles. The van der Waals surface area contributed by atoms with Crippen molar-refractivity contribution in [2.24, 2.45) is 10.7 Å². The number of hydrogen-bond donors (Lipinski definition) is 1. The first-order valence-corrected chi connectivity index (χ1v) is 8.66. The van der Waals surface area contributed by atoms with E-state index in [-0.39, 0.29) is 13.2 Å². The van der Waals surface area contributed by atoms with Crippen molar-refractivity contribution in [3.8, 4) is 11.5 Å². The highest BCUT2D eigenvalue weighted by atomic mass is 16.5. The van der Waals surface area contributed by atoms with Crippen LogP contribution in [0.15, 0.2) is 29.3 Å². The van der Waals surface area contributed by atoms with E-state index in [2.05, 4.69) is 4.99 Å². The van der Waals surface area contributed by atoms with Gasteiger partial charge in [0.05, 0.1) is 6.54 Å². The van der Waals surface area contributed by atoms with E-state index in [0.29, 0.717) is 50.0 Å². The topological polar surface area (TPSA) is 109 Å². The molecule has 0 bridgehead atoms. The number of rotatable bonds is 6. The minimum absolute atomic E-state index is 0.0757. The van der Waals surface area contributed by atoms with Crippen molar-refractivity contribution in [2.45, 2.75) is 33.0 Å². The van der Waals surface area contributed by atoms with Crippen LogP contribution < -0.4 is 15.2 Å². The standard InChI is InChI=1S/C20H18N2O6/c21-20-17-4-19-18(3-12(17)5-22-20)27-8-15-1-13(6-25-10-23)14(7-26-11-24)2-16(15)9-28-19/h1-4,10-11H,5-9H2,(H2,21,22). The van der Waals surface area contributed by atoms with Crippen molar-refractivity contribution in [2.75, 3.05) is 0 Å². The smallest absolute Gasteiger partial charge is 0.293 e. The third-order valence-corrected chi connectivity index (χ3v) is 4.77. The van der Waals surface area contributed by atoms with Crippen LogP contribution in [0, 0.1) is 0 Å². The first-order chi connectivity index (χ1) is 13.7. The van der Waals surface area contributed by atoms with Gasteiger partial charge in [0.25, 0.3) is 12.9 Å². The lowest BCUT2D eigenvalue weighted by atomic mass is 9.99. The van der Waals surface area contributed by atoms with Crippen LogP contribution in [-0.4, -0.2) is 18.8 Å². The molecule has 0 fully saturated rings. The Morgan fingerprint density at radius 2 is 1.46 bits per heavy atom. The zero-order chi connectivity index (χ0) is 19.5. The SMILES string of the molecule is NC1=NCc2cc3c(cc21)OCc1cc(COC=O)c(COC=O)cc1CO3. The predicted molar refractivity (Wildman–Crippen MR) is 97.7 cm³/mol. The molecule has 0 aromatic heterocycles. The van der Waals surface area contributed by atoms with Crippen molar-refractivity contribution in [1.29, 1.82) is 0 Å². The number of aliphatic imine (C=N–C) groups is 1. The molecule has 2 aromatic carbocycles. The quantitative estimate of drug-likeness (QED) is 0.758. The van der Waals surface area contributed by atoms with Crippen LogP contribution in [0.4, 0.5) is 0 Å². The molecule has 8 heteroatoms. The summed E-state index contributed by atoms with van der Waals surface area (Å²) < 4.78 is 21.7. The molecule has 0 atom stereocenters. The molecule has 28 heavy (non-hydrogen) atoms. The van der Waals surface area contributed by atoms with Crippen molar-refractivity contribution in [3.05, 3.63) is 57.6 Å². The fourth-order valence-electron chi connectivity index (χ4n) is 3.34. The van der Waals surface area contributed by atoms with Crippen molar-refractivity contribution in [3.63, 3.8) is 0 Å². The third kappa shape index (κ3) is 3.36. The summed E-state index contributed by atoms with van der Waals surface area (Å²) >= 11 is 0. The number of nitrogens with zero attached hydrogens (tertiary/aromatic N) is 1. The summed E-state index contributed by atoms with van der Waals surface area (Å²) in [4.78, 5) is 25.4. The van der Waals surface area contributed by atoms with Crippen LogP contribution in [0.25, 0.3) is 0 Å². The normalized spacial score (nSPS) is 14.1. The van der Waals surface area contributed by atoms with Gasteiger partial charge in [0.2, 0.25) is 0 Å². The lowest BCUT2D eigenvalue weighted by Crippen LogP contribution is -2.14. The van der Waals surface area contributed by atoms with E-state index in [4.69, 9.17) is 24.7 Å². The molecule has 0 radical (unpaired) electrons. The van der Waals surface area contributed by atoms with E-state index in [9.17, 15) is 9.59 Å². The number of benzene rings is 2. The molecule has 2 aliphatic heterocycles. The lowest BCUT2D eigenvalue weighted by Gasteiger charge is -2.22. The molecular weight excluding hydrogens is 364 g/mol. The van der Waals surface area contributed by atoms with Crippen molar-refractivity contribution >= 4 is 18.8 Å². The first-order valence-electron chi connectivity index (χ1n) is 8.66.